The number of morpholine rings is 1. The van der Waals surface area contributed by atoms with Gasteiger partial charge in [-0.3, -0.25) is 0 Å². The van der Waals surface area contributed by atoms with E-state index in [2.05, 4.69) is 14.8 Å². The summed E-state index contributed by atoms with van der Waals surface area (Å²) >= 11 is 0. The number of aromatic amines is 1. The topological polar surface area (TPSA) is 91.4 Å². The van der Waals surface area contributed by atoms with Crippen LogP contribution in [0.1, 0.15) is 18.5 Å². The molecule has 2 aliphatic heterocycles. The molecule has 2 saturated heterocycles. The molecule has 32 heavy (non-hydrogen) atoms. The van der Waals surface area contributed by atoms with Gasteiger partial charge in [0.2, 0.25) is 0 Å². The fourth-order valence-corrected chi connectivity index (χ4v) is 6.23. The van der Waals surface area contributed by atoms with Crippen molar-refractivity contribution in [2.45, 2.75) is 17.6 Å². The first-order chi connectivity index (χ1) is 15.4. The van der Waals surface area contributed by atoms with Gasteiger partial charge >= 0.3 is 0 Å². The third kappa shape index (κ3) is 3.68. The Hall–Kier alpha value is -2.49. The lowest BCUT2D eigenvalue weighted by molar-refractivity contribution is 0.122. The lowest BCUT2D eigenvalue weighted by Crippen LogP contribution is -2.46. The Morgan fingerprint density at radius 3 is 2.53 bits per heavy atom. The van der Waals surface area contributed by atoms with E-state index in [0.29, 0.717) is 50.7 Å². The summed E-state index contributed by atoms with van der Waals surface area (Å²) in [6, 6.07) is 9.90. The van der Waals surface area contributed by atoms with Crippen molar-refractivity contribution in [1.82, 2.24) is 19.9 Å². The van der Waals surface area contributed by atoms with Crippen molar-refractivity contribution in [2.75, 3.05) is 57.6 Å². The molecule has 0 aliphatic carbocycles. The molecule has 2 aliphatic rings. The number of aromatic nitrogens is 3. The van der Waals surface area contributed by atoms with Crippen LogP contribution in [0.2, 0.25) is 0 Å². The van der Waals surface area contributed by atoms with Crippen LogP contribution < -0.4 is 4.90 Å². The van der Waals surface area contributed by atoms with E-state index >= 15 is 0 Å². The highest BCUT2D eigenvalue weighted by atomic mass is 32.2. The molecular weight excluding hydrogens is 426 g/mol. The number of sulfone groups is 1. The zero-order valence-corrected chi connectivity index (χ0v) is 19.4. The highest BCUT2D eigenvalue weighted by molar-refractivity contribution is 7.91. The molecule has 9 heteroatoms. The van der Waals surface area contributed by atoms with Crippen molar-refractivity contribution in [3.05, 3.63) is 42.2 Å². The molecule has 2 aromatic heterocycles. The first-order valence-corrected chi connectivity index (χ1v) is 12.9. The summed E-state index contributed by atoms with van der Waals surface area (Å²) in [5, 5.41) is 1.02. The third-order valence-corrected chi connectivity index (χ3v) is 8.89. The van der Waals surface area contributed by atoms with E-state index in [1.54, 1.807) is 0 Å². The summed E-state index contributed by atoms with van der Waals surface area (Å²) in [6.07, 6.45) is 4.29. The molecule has 0 unspecified atom stereocenters. The van der Waals surface area contributed by atoms with Crippen LogP contribution >= 0.6 is 0 Å². The molecule has 8 nitrogen and oxygen atoms in total. The summed E-state index contributed by atoms with van der Waals surface area (Å²) in [4.78, 5) is 17.4. The van der Waals surface area contributed by atoms with Crippen LogP contribution in [-0.4, -0.2) is 81.0 Å². The Labute approximate surface area is 188 Å². The van der Waals surface area contributed by atoms with Gasteiger partial charge in [-0.1, -0.05) is 12.1 Å². The van der Waals surface area contributed by atoms with E-state index in [9.17, 15) is 8.42 Å². The van der Waals surface area contributed by atoms with Crippen molar-refractivity contribution in [3.8, 4) is 11.4 Å². The number of hydrogen-bond acceptors (Lipinski definition) is 7. The molecule has 0 atom stereocenters. The van der Waals surface area contributed by atoms with E-state index in [4.69, 9.17) is 14.7 Å². The average molecular weight is 456 g/mol. The van der Waals surface area contributed by atoms with Gasteiger partial charge in [0, 0.05) is 48.1 Å². The van der Waals surface area contributed by atoms with Gasteiger partial charge in [-0.05, 0) is 45.1 Å². The lowest BCUT2D eigenvalue weighted by Gasteiger charge is -2.39. The van der Waals surface area contributed by atoms with E-state index in [1.807, 2.05) is 43.6 Å². The first-order valence-electron chi connectivity index (χ1n) is 11.0. The summed E-state index contributed by atoms with van der Waals surface area (Å²) in [7, 11) is -1.38. The number of anilines is 1. The van der Waals surface area contributed by atoms with Crippen molar-refractivity contribution in [3.63, 3.8) is 0 Å². The number of rotatable bonds is 4. The van der Waals surface area contributed by atoms with Crippen LogP contribution in [0.25, 0.3) is 22.3 Å². The second-order valence-corrected chi connectivity index (χ2v) is 11.2. The first kappa shape index (κ1) is 21.4. The fraction of sp³-hybridized carbons (Fsp3) is 0.478. The van der Waals surface area contributed by atoms with Gasteiger partial charge in [-0.15, -0.1) is 0 Å². The second-order valence-electron chi connectivity index (χ2n) is 8.85. The van der Waals surface area contributed by atoms with Crippen molar-refractivity contribution in [2.24, 2.45) is 0 Å². The Bertz CT molecular complexity index is 1230. The van der Waals surface area contributed by atoms with Gasteiger partial charge in [0.1, 0.15) is 10.6 Å². The summed E-state index contributed by atoms with van der Waals surface area (Å²) in [5.74, 6) is 1.33. The number of benzene rings is 1. The minimum absolute atomic E-state index is 0.524. The fourth-order valence-electron chi connectivity index (χ4n) is 4.82. The van der Waals surface area contributed by atoms with Crippen LogP contribution in [0, 0.1) is 0 Å². The molecule has 0 bridgehead atoms. The van der Waals surface area contributed by atoms with Crippen LogP contribution in [0.4, 0.5) is 5.82 Å². The van der Waals surface area contributed by atoms with Gasteiger partial charge in [0.15, 0.2) is 15.7 Å². The molecule has 3 aromatic rings. The minimum Gasteiger partial charge on any atom is -0.378 e. The smallest absolute Gasteiger partial charge is 0.162 e. The maximum atomic E-state index is 13.2. The molecule has 0 spiro atoms. The van der Waals surface area contributed by atoms with E-state index in [-0.39, 0.29) is 0 Å². The van der Waals surface area contributed by atoms with E-state index < -0.39 is 14.6 Å². The summed E-state index contributed by atoms with van der Waals surface area (Å²) < 4.78 is 30.9. The number of hydrogen-bond donors (Lipinski definition) is 1. The number of ether oxygens (including phenoxy) is 1. The Morgan fingerprint density at radius 1 is 1.06 bits per heavy atom. The summed E-state index contributed by atoms with van der Waals surface area (Å²) in [5.41, 5.74) is 2.50. The number of nitrogens with zero attached hydrogens (tertiary/aromatic N) is 4. The normalized spacial score (nSPS) is 20.0. The molecular formula is C23H29N5O3S. The Balaban J connectivity index is 1.71. The van der Waals surface area contributed by atoms with Crippen LogP contribution in [0.3, 0.4) is 0 Å². The maximum Gasteiger partial charge on any atom is 0.162 e. The van der Waals surface area contributed by atoms with Crippen LogP contribution in [0.15, 0.2) is 36.5 Å². The van der Waals surface area contributed by atoms with Gasteiger partial charge in [-0.2, -0.15) is 0 Å². The van der Waals surface area contributed by atoms with Crippen molar-refractivity contribution in [1.29, 1.82) is 0 Å². The quantitative estimate of drug-likeness (QED) is 0.646. The molecule has 0 amide bonds. The van der Waals surface area contributed by atoms with Crippen molar-refractivity contribution < 1.29 is 13.2 Å². The summed E-state index contributed by atoms with van der Waals surface area (Å²) in [6.45, 7) is 4.13. The molecule has 1 N–H and O–H groups in total. The Kier molecular flexibility index (Phi) is 5.43. The monoisotopic (exact) mass is 455 g/mol. The van der Waals surface area contributed by atoms with Gasteiger partial charge in [0.25, 0.3) is 0 Å². The zero-order chi connectivity index (χ0) is 22.3. The predicted octanol–water partition coefficient (Wildman–Crippen LogP) is 2.43. The standard InChI is InChI=1S/C23H29N5O3S/c1-27-10-7-23(8-11-27,32(2,29)30)20-16-21(28-12-14-31-15-13-28)26-22(25-20)18-4-3-5-19-17(18)6-9-24-19/h3-6,9,16,24H,7-8,10-15H2,1-2H3. The van der Waals surface area contributed by atoms with Gasteiger partial charge < -0.3 is 19.5 Å². The number of piperidine rings is 1. The molecule has 0 radical (unpaired) electrons. The van der Waals surface area contributed by atoms with Gasteiger partial charge in [-0.25, -0.2) is 18.4 Å². The van der Waals surface area contributed by atoms with Crippen LogP contribution in [-0.2, 0) is 19.3 Å². The number of fused-ring (bicyclic) bond motifs is 1. The minimum atomic E-state index is -3.41. The third-order valence-electron chi connectivity index (χ3n) is 6.85. The van der Waals surface area contributed by atoms with Crippen molar-refractivity contribution >= 4 is 26.6 Å². The molecule has 0 saturated carbocycles. The van der Waals surface area contributed by atoms with E-state index in [1.165, 1.54) is 6.26 Å². The number of H-pyrrole nitrogens is 1. The maximum absolute atomic E-state index is 13.2. The predicted molar refractivity (Wildman–Crippen MR) is 126 cm³/mol. The lowest BCUT2D eigenvalue weighted by atomic mass is 9.91. The molecule has 5 rings (SSSR count). The molecule has 1 aromatic carbocycles. The highest BCUT2D eigenvalue weighted by Gasteiger charge is 2.46. The number of nitrogens with one attached hydrogen (secondary N) is 1. The SMILES string of the molecule is CN1CCC(c2cc(N3CCOCC3)nc(-c3cccc4[nH]ccc34)n2)(S(C)(=O)=O)CC1. The van der Waals surface area contributed by atoms with Gasteiger partial charge in [0.05, 0.1) is 18.9 Å². The molecule has 4 heterocycles. The van der Waals surface area contributed by atoms with E-state index in [0.717, 1.165) is 35.4 Å². The average Bonchev–Trinajstić information content (AvgIpc) is 3.28. The second kappa shape index (κ2) is 8.13. The highest BCUT2D eigenvalue weighted by Crippen LogP contribution is 2.41. The number of likely N-dealkylation sites (tertiary alicyclic amines) is 1. The molecule has 170 valence electrons. The Morgan fingerprint density at radius 2 is 1.81 bits per heavy atom. The van der Waals surface area contributed by atoms with Crippen LogP contribution in [0.5, 0.6) is 0 Å². The molecule has 2 fully saturated rings. The zero-order valence-electron chi connectivity index (χ0n) is 18.5. The largest absolute Gasteiger partial charge is 0.378 e.